The molecule has 2 unspecified atom stereocenters. The molecule has 4 aromatic rings. The van der Waals surface area contributed by atoms with Crippen molar-refractivity contribution in [3.63, 3.8) is 0 Å². The molecule has 0 saturated carbocycles. The zero-order valence-electron chi connectivity index (χ0n) is 23.1. The molecule has 2 atom stereocenters. The maximum Gasteiger partial charge on any atom is 0.407 e. The van der Waals surface area contributed by atoms with Gasteiger partial charge in [0, 0.05) is 40.5 Å². The van der Waals surface area contributed by atoms with Crippen LogP contribution >= 0.6 is 0 Å². The molecule has 3 amide bonds. The van der Waals surface area contributed by atoms with Crippen LogP contribution in [0.2, 0.25) is 0 Å². The molecule has 1 fully saturated rings. The number of aromatic nitrogens is 1. The smallest absolute Gasteiger partial charge is 0.407 e. The van der Waals surface area contributed by atoms with Crippen LogP contribution < -0.4 is 15.8 Å². The van der Waals surface area contributed by atoms with Gasteiger partial charge < -0.3 is 30.8 Å². The Morgan fingerprint density at radius 3 is 2.50 bits per heavy atom. The second kappa shape index (κ2) is 10.2. The predicted molar refractivity (Wildman–Crippen MR) is 155 cm³/mol. The molecule has 40 heavy (non-hydrogen) atoms. The lowest BCUT2D eigenvalue weighted by Crippen LogP contribution is -2.56. The van der Waals surface area contributed by atoms with Gasteiger partial charge in [-0.1, -0.05) is 39.0 Å². The van der Waals surface area contributed by atoms with Gasteiger partial charge in [0.15, 0.2) is 0 Å². The number of methoxy groups -OCH3 is 1. The summed E-state index contributed by atoms with van der Waals surface area (Å²) in [6, 6.07) is 16.4. The normalized spacial score (nSPS) is 17.6. The first-order chi connectivity index (χ1) is 19.0. The molecule has 3 aromatic carbocycles. The van der Waals surface area contributed by atoms with Gasteiger partial charge in [0.25, 0.3) is 11.8 Å². The highest BCUT2D eigenvalue weighted by molar-refractivity contribution is 6.17. The van der Waals surface area contributed by atoms with Crippen LogP contribution in [0, 0.1) is 5.41 Å². The number of amides is 3. The fraction of sp³-hybridized carbons (Fsp3) is 0.323. The molecule has 0 bridgehead atoms. The van der Waals surface area contributed by atoms with Gasteiger partial charge in [-0.05, 0) is 65.8 Å². The van der Waals surface area contributed by atoms with E-state index in [2.05, 4.69) is 10.3 Å². The number of hydrogen-bond acceptors (Lipinski definition) is 4. The number of carboxylic acid groups (broad SMARTS) is 1. The Morgan fingerprint density at radius 1 is 1.05 bits per heavy atom. The number of carbonyl (C=O) groups is 3. The number of carbonyl (C=O) groups excluding carboxylic acids is 2. The molecule has 5 N–H and O–H groups in total. The number of aromatic amines is 1. The van der Waals surface area contributed by atoms with E-state index in [-0.39, 0.29) is 23.4 Å². The lowest BCUT2D eigenvalue weighted by molar-refractivity contribution is 0.0470. The van der Waals surface area contributed by atoms with Crippen LogP contribution in [0.5, 0.6) is 5.75 Å². The van der Waals surface area contributed by atoms with Crippen LogP contribution in [0.3, 0.4) is 0 Å². The SMILES string of the molecule is COc1cccc(-c2cc(C(N)=O)c3[nH]c4cc(C(=O)NC5CCN(C(=O)O)C(C(C)(C)C)C5)ccc4c3c2)c1. The molecular weight excluding hydrogens is 508 g/mol. The number of primary amides is 1. The molecular formula is C31H34N4O5. The van der Waals surface area contributed by atoms with Gasteiger partial charge in [-0.15, -0.1) is 0 Å². The van der Waals surface area contributed by atoms with Crippen molar-refractivity contribution >= 4 is 39.7 Å². The summed E-state index contributed by atoms with van der Waals surface area (Å²) in [7, 11) is 1.60. The lowest BCUT2D eigenvalue weighted by atomic mass is 9.79. The van der Waals surface area contributed by atoms with E-state index in [4.69, 9.17) is 10.5 Å². The topological polar surface area (TPSA) is 138 Å². The molecule has 1 aliphatic heterocycles. The Bertz CT molecular complexity index is 1630. The molecule has 2 heterocycles. The molecule has 1 aliphatic rings. The van der Waals surface area contributed by atoms with Crippen LogP contribution in [0.25, 0.3) is 32.9 Å². The second-order valence-corrected chi connectivity index (χ2v) is 11.5. The van der Waals surface area contributed by atoms with Crippen LogP contribution in [0.1, 0.15) is 54.3 Å². The van der Waals surface area contributed by atoms with Crippen molar-refractivity contribution in [3.8, 4) is 16.9 Å². The zero-order valence-corrected chi connectivity index (χ0v) is 23.1. The number of fused-ring (bicyclic) bond motifs is 3. The summed E-state index contributed by atoms with van der Waals surface area (Å²) in [5, 5.41) is 14.4. The third-order valence-corrected chi connectivity index (χ3v) is 7.82. The average molecular weight is 543 g/mol. The van der Waals surface area contributed by atoms with Crippen molar-refractivity contribution in [2.45, 2.75) is 45.7 Å². The summed E-state index contributed by atoms with van der Waals surface area (Å²) in [5.74, 6) is -0.0789. The summed E-state index contributed by atoms with van der Waals surface area (Å²) in [6.45, 7) is 6.42. The molecule has 0 spiro atoms. The Balaban J connectivity index is 1.46. The number of piperidine rings is 1. The van der Waals surface area contributed by atoms with E-state index in [1.54, 1.807) is 25.3 Å². The predicted octanol–water partition coefficient (Wildman–Crippen LogP) is 5.38. The van der Waals surface area contributed by atoms with E-state index in [9.17, 15) is 19.5 Å². The first-order valence-electron chi connectivity index (χ1n) is 13.3. The number of likely N-dealkylation sites (tertiary alicyclic amines) is 1. The van der Waals surface area contributed by atoms with Gasteiger partial charge in [0.1, 0.15) is 5.75 Å². The summed E-state index contributed by atoms with van der Waals surface area (Å²) >= 11 is 0. The lowest BCUT2D eigenvalue weighted by Gasteiger charge is -2.44. The number of nitrogens with one attached hydrogen (secondary N) is 2. The van der Waals surface area contributed by atoms with E-state index in [1.807, 2.05) is 57.2 Å². The third-order valence-electron chi connectivity index (χ3n) is 7.82. The van der Waals surface area contributed by atoms with Crippen molar-refractivity contribution in [2.24, 2.45) is 11.1 Å². The van der Waals surface area contributed by atoms with Gasteiger partial charge in [-0.2, -0.15) is 0 Å². The van der Waals surface area contributed by atoms with Gasteiger partial charge in [0.2, 0.25) is 0 Å². The summed E-state index contributed by atoms with van der Waals surface area (Å²) < 4.78 is 5.36. The minimum absolute atomic E-state index is 0.141. The van der Waals surface area contributed by atoms with Crippen molar-refractivity contribution < 1.29 is 24.2 Å². The monoisotopic (exact) mass is 542 g/mol. The third kappa shape index (κ3) is 5.06. The Kier molecular flexibility index (Phi) is 6.91. The fourth-order valence-electron chi connectivity index (χ4n) is 5.73. The van der Waals surface area contributed by atoms with E-state index < -0.39 is 12.0 Å². The number of nitrogens with zero attached hydrogens (tertiary/aromatic N) is 1. The molecule has 0 aliphatic carbocycles. The van der Waals surface area contributed by atoms with E-state index >= 15 is 0 Å². The molecule has 208 valence electrons. The van der Waals surface area contributed by atoms with Crippen LogP contribution in [0.4, 0.5) is 4.79 Å². The molecule has 9 heteroatoms. The van der Waals surface area contributed by atoms with Gasteiger partial charge in [-0.3, -0.25) is 9.59 Å². The van der Waals surface area contributed by atoms with Crippen LogP contribution in [0.15, 0.2) is 54.6 Å². The van der Waals surface area contributed by atoms with Crippen LogP contribution in [-0.2, 0) is 0 Å². The number of benzene rings is 3. The molecule has 5 rings (SSSR count). The first kappa shape index (κ1) is 27.1. The minimum Gasteiger partial charge on any atom is -0.497 e. The fourth-order valence-corrected chi connectivity index (χ4v) is 5.73. The van der Waals surface area contributed by atoms with Crippen LogP contribution in [-0.4, -0.2) is 58.6 Å². The van der Waals surface area contributed by atoms with Gasteiger partial charge >= 0.3 is 6.09 Å². The zero-order chi connectivity index (χ0) is 28.8. The number of rotatable bonds is 5. The first-order valence-corrected chi connectivity index (χ1v) is 13.3. The number of H-pyrrole nitrogens is 1. The van der Waals surface area contributed by atoms with E-state index in [0.717, 1.165) is 21.9 Å². The molecule has 0 radical (unpaired) electrons. The highest BCUT2D eigenvalue weighted by Crippen LogP contribution is 2.35. The van der Waals surface area contributed by atoms with Crippen molar-refractivity contribution in [1.82, 2.24) is 15.2 Å². The highest BCUT2D eigenvalue weighted by Gasteiger charge is 2.39. The maximum absolute atomic E-state index is 13.3. The Hall–Kier alpha value is -4.53. The van der Waals surface area contributed by atoms with Crippen molar-refractivity contribution in [2.75, 3.05) is 13.7 Å². The molecule has 1 saturated heterocycles. The maximum atomic E-state index is 13.3. The van der Waals surface area contributed by atoms with Crippen molar-refractivity contribution in [3.05, 3.63) is 65.7 Å². The highest BCUT2D eigenvalue weighted by atomic mass is 16.5. The minimum atomic E-state index is -0.932. The average Bonchev–Trinajstić information content (AvgIpc) is 3.29. The summed E-state index contributed by atoms with van der Waals surface area (Å²) in [6.07, 6.45) is 0.165. The summed E-state index contributed by atoms with van der Waals surface area (Å²) in [5.41, 5.74) is 9.37. The quantitative estimate of drug-likeness (QED) is 0.268. The number of ether oxygens (including phenoxy) is 1. The second-order valence-electron chi connectivity index (χ2n) is 11.5. The van der Waals surface area contributed by atoms with E-state index in [1.165, 1.54) is 4.90 Å². The molecule has 9 nitrogen and oxygen atoms in total. The van der Waals surface area contributed by atoms with Gasteiger partial charge in [0.05, 0.1) is 18.2 Å². The van der Waals surface area contributed by atoms with E-state index in [0.29, 0.717) is 47.3 Å². The Labute approximate surface area is 232 Å². The standard InChI is InChI=1S/C31H34N4O5/c1-31(2,3)26-16-20(10-11-35(26)30(38)39)33-29(37)18-8-9-22-23-13-19(17-6-5-7-21(12-17)40-4)14-24(28(32)36)27(23)34-25(22)15-18/h5-9,12-15,20,26,34H,10-11,16H2,1-4H3,(H2,32,36)(H,33,37)(H,38,39). The van der Waals surface area contributed by atoms with Gasteiger partial charge in [-0.25, -0.2) is 4.79 Å². The summed E-state index contributed by atoms with van der Waals surface area (Å²) in [4.78, 5) is 42.2. The number of nitrogens with two attached hydrogens (primary N) is 1. The largest absolute Gasteiger partial charge is 0.497 e. The molecule has 1 aromatic heterocycles. The van der Waals surface area contributed by atoms with Crippen molar-refractivity contribution in [1.29, 1.82) is 0 Å². The number of hydrogen-bond donors (Lipinski definition) is 4. The Morgan fingerprint density at radius 2 is 1.82 bits per heavy atom.